The molecule has 2 atom stereocenters. The molecule has 0 spiro atoms. The number of halogens is 1. The van der Waals surface area contributed by atoms with Crippen molar-refractivity contribution in [2.45, 2.75) is 103 Å². The molecule has 2 fully saturated rings. The molecule has 0 aliphatic carbocycles. The molecule has 2 N–H and O–H groups in total. The first-order valence-electron chi connectivity index (χ1n) is 10.9. The molecular weight excluding hydrogens is 449 g/mol. The molecule has 2 rings (SSSR count). The summed E-state index contributed by atoms with van der Waals surface area (Å²) in [6, 6.07) is 3.29. The normalized spacial score (nSPS) is 26.4. The predicted octanol–water partition coefficient (Wildman–Crippen LogP) is 3.68. The summed E-state index contributed by atoms with van der Waals surface area (Å²) >= 11 is 0. The van der Waals surface area contributed by atoms with Gasteiger partial charge in [0, 0.05) is 49.8 Å². The second-order valence-electron chi connectivity index (χ2n) is 8.76. The number of piperidine rings is 2. The van der Waals surface area contributed by atoms with Crippen LogP contribution >= 0.6 is 24.0 Å². The van der Waals surface area contributed by atoms with Crippen molar-refractivity contribution >= 4 is 29.9 Å². The molecule has 160 valence electrons. The second-order valence-corrected chi connectivity index (χ2v) is 8.76. The van der Waals surface area contributed by atoms with E-state index in [-0.39, 0.29) is 24.0 Å². The molecule has 6 heteroatoms. The zero-order chi connectivity index (χ0) is 19.1. The van der Waals surface area contributed by atoms with Crippen molar-refractivity contribution in [2.75, 3.05) is 26.7 Å². The molecule has 27 heavy (non-hydrogen) atoms. The maximum absolute atomic E-state index is 4.87. The van der Waals surface area contributed by atoms with Crippen LogP contribution in [-0.2, 0) is 0 Å². The second kappa shape index (κ2) is 12.5. The zero-order valence-corrected chi connectivity index (χ0v) is 20.8. The Morgan fingerprint density at radius 3 is 2.22 bits per heavy atom. The van der Waals surface area contributed by atoms with Gasteiger partial charge in [0.05, 0.1) is 0 Å². The third-order valence-electron chi connectivity index (χ3n) is 6.20. The van der Waals surface area contributed by atoms with E-state index in [4.69, 9.17) is 4.99 Å². The fourth-order valence-corrected chi connectivity index (χ4v) is 4.80. The smallest absolute Gasteiger partial charge is 0.191 e. The van der Waals surface area contributed by atoms with Gasteiger partial charge in [-0.15, -0.1) is 24.0 Å². The highest BCUT2D eigenvalue weighted by molar-refractivity contribution is 14.0. The van der Waals surface area contributed by atoms with Gasteiger partial charge in [-0.1, -0.05) is 6.42 Å². The third kappa shape index (κ3) is 7.69. The fourth-order valence-electron chi connectivity index (χ4n) is 4.80. The van der Waals surface area contributed by atoms with E-state index in [0.29, 0.717) is 18.1 Å². The molecule has 2 heterocycles. The van der Waals surface area contributed by atoms with Crippen molar-refractivity contribution in [3.05, 3.63) is 0 Å². The number of guanidine groups is 1. The Kier molecular flexibility index (Phi) is 11.5. The van der Waals surface area contributed by atoms with Gasteiger partial charge in [0.25, 0.3) is 0 Å². The van der Waals surface area contributed by atoms with E-state index in [1.54, 1.807) is 0 Å². The summed E-state index contributed by atoms with van der Waals surface area (Å²) in [6.45, 7) is 14.2. The van der Waals surface area contributed by atoms with Crippen LogP contribution < -0.4 is 10.6 Å². The fraction of sp³-hybridized carbons (Fsp3) is 0.952. The minimum Gasteiger partial charge on any atom is -0.357 e. The molecule has 2 aliphatic rings. The van der Waals surface area contributed by atoms with Crippen LogP contribution in [0.5, 0.6) is 0 Å². The van der Waals surface area contributed by atoms with Crippen LogP contribution in [0.2, 0.25) is 0 Å². The highest BCUT2D eigenvalue weighted by atomic mass is 127. The third-order valence-corrected chi connectivity index (χ3v) is 6.20. The Hall–Kier alpha value is -0.0800. The van der Waals surface area contributed by atoms with E-state index in [0.717, 1.165) is 44.1 Å². The van der Waals surface area contributed by atoms with Gasteiger partial charge in [-0.25, -0.2) is 0 Å². The van der Waals surface area contributed by atoms with Crippen LogP contribution in [0.15, 0.2) is 4.99 Å². The Bertz CT molecular complexity index is 418. The lowest BCUT2D eigenvalue weighted by Gasteiger charge is -2.47. The molecule has 0 aromatic heterocycles. The highest BCUT2D eigenvalue weighted by Crippen LogP contribution is 2.32. The van der Waals surface area contributed by atoms with E-state index in [9.17, 15) is 0 Å². The lowest BCUT2D eigenvalue weighted by atomic mass is 9.82. The standard InChI is InChI=1S/C21H43N5.HI/c1-7-22-21(23-12-9-13-26(16(2)3)17(4)5)24-18-14-19-10-8-11-20(15-18)25(19)6;/h16-20H,7-15H2,1-6H3,(H2,22,23,24);1H. The van der Waals surface area contributed by atoms with Crippen LogP contribution in [0.1, 0.15) is 73.1 Å². The number of nitrogens with one attached hydrogen (secondary N) is 2. The first kappa shape index (κ1) is 25.0. The van der Waals surface area contributed by atoms with E-state index in [1.165, 1.54) is 32.1 Å². The summed E-state index contributed by atoms with van der Waals surface area (Å²) in [6.07, 6.45) is 7.75. The van der Waals surface area contributed by atoms with Gasteiger partial charge in [-0.3, -0.25) is 9.89 Å². The van der Waals surface area contributed by atoms with Crippen LogP contribution in [0, 0.1) is 0 Å². The Labute approximate surface area is 185 Å². The van der Waals surface area contributed by atoms with E-state index >= 15 is 0 Å². The monoisotopic (exact) mass is 493 g/mol. The van der Waals surface area contributed by atoms with Crippen molar-refractivity contribution < 1.29 is 0 Å². The quantitative estimate of drug-likeness (QED) is 0.234. The molecule has 0 saturated carbocycles. The SMILES string of the molecule is CCNC(=NCCCN(C(C)C)C(C)C)NC1CC2CCCC(C1)N2C.I. The van der Waals surface area contributed by atoms with Gasteiger partial charge >= 0.3 is 0 Å². The summed E-state index contributed by atoms with van der Waals surface area (Å²) in [7, 11) is 2.32. The molecule has 2 aliphatic heterocycles. The topological polar surface area (TPSA) is 42.9 Å². The first-order valence-corrected chi connectivity index (χ1v) is 10.9. The van der Waals surface area contributed by atoms with Gasteiger partial charge in [0.2, 0.25) is 0 Å². The van der Waals surface area contributed by atoms with Crippen LogP contribution in [-0.4, -0.2) is 72.7 Å². The molecule has 0 radical (unpaired) electrons. The van der Waals surface area contributed by atoms with Gasteiger partial charge < -0.3 is 15.5 Å². The van der Waals surface area contributed by atoms with Crippen LogP contribution in [0.4, 0.5) is 0 Å². The molecule has 5 nitrogen and oxygen atoms in total. The highest BCUT2D eigenvalue weighted by Gasteiger charge is 2.36. The van der Waals surface area contributed by atoms with Crippen molar-refractivity contribution in [3.63, 3.8) is 0 Å². The molecule has 2 bridgehead atoms. The maximum atomic E-state index is 4.87. The number of fused-ring (bicyclic) bond motifs is 2. The lowest BCUT2D eigenvalue weighted by molar-refractivity contribution is 0.0526. The number of hydrogen-bond acceptors (Lipinski definition) is 3. The van der Waals surface area contributed by atoms with Crippen molar-refractivity contribution in [1.82, 2.24) is 20.4 Å². The predicted molar refractivity (Wildman–Crippen MR) is 128 cm³/mol. The van der Waals surface area contributed by atoms with Gasteiger partial charge in [0.15, 0.2) is 5.96 Å². The average molecular weight is 494 g/mol. The number of rotatable bonds is 8. The molecule has 0 amide bonds. The largest absolute Gasteiger partial charge is 0.357 e. The Balaban J connectivity index is 0.00000364. The Morgan fingerprint density at radius 2 is 1.70 bits per heavy atom. The Morgan fingerprint density at radius 1 is 1.11 bits per heavy atom. The van der Waals surface area contributed by atoms with Crippen molar-refractivity contribution in [3.8, 4) is 0 Å². The summed E-state index contributed by atoms with van der Waals surface area (Å²) in [4.78, 5) is 10.0. The van der Waals surface area contributed by atoms with Crippen molar-refractivity contribution in [2.24, 2.45) is 4.99 Å². The van der Waals surface area contributed by atoms with Crippen LogP contribution in [0.25, 0.3) is 0 Å². The minimum absolute atomic E-state index is 0. The number of nitrogens with zero attached hydrogens (tertiary/aromatic N) is 3. The summed E-state index contributed by atoms with van der Waals surface area (Å²) in [5.41, 5.74) is 0. The number of aliphatic imine (C=N–C) groups is 1. The van der Waals surface area contributed by atoms with Crippen molar-refractivity contribution in [1.29, 1.82) is 0 Å². The first-order chi connectivity index (χ1) is 12.4. The maximum Gasteiger partial charge on any atom is 0.191 e. The van der Waals surface area contributed by atoms with Gasteiger partial charge in [-0.05, 0) is 73.8 Å². The summed E-state index contributed by atoms with van der Waals surface area (Å²) in [5, 5.41) is 7.19. The molecule has 0 aromatic rings. The average Bonchev–Trinajstić information content (AvgIpc) is 2.55. The summed E-state index contributed by atoms with van der Waals surface area (Å²) in [5.74, 6) is 1.01. The van der Waals surface area contributed by atoms with E-state index in [2.05, 4.69) is 62.1 Å². The van der Waals surface area contributed by atoms with E-state index in [1.807, 2.05) is 0 Å². The molecule has 2 saturated heterocycles. The summed E-state index contributed by atoms with van der Waals surface area (Å²) < 4.78 is 0. The van der Waals surface area contributed by atoms with Gasteiger partial charge in [-0.2, -0.15) is 0 Å². The van der Waals surface area contributed by atoms with Gasteiger partial charge in [0.1, 0.15) is 0 Å². The van der Waals surface area contributed by atoms with Crippen LogP contribution in [0.3, 0.4) is 0 Å². The number of hydrogen-bond donors (Lipinski definition) is 2. The van der Waals surface area contributed by atoms with E-state index < -0.39 is 0 Å². The molecule has 0 aromatic carbocycles. The molecular formula is C21H44IN5. The minimum atomic E-state index is 0. The zero-order valence-electron chi connectivity index (χ0n) is 18.5. The lowest BCUT2D eigenvalue weighted by Crippen LogP contribution is -2.56. The molecule has 2 unspecified atom stereocenters.